The van der Waals surface area contributed by atoms with Crippen LogP contribution in [-0.2, 0) is 18.4 Å². The molecule has 2 N–H and O–H groups in total. The van der Waals surface area contributed by atoms with Gasteiger partial charge in [0.2, 0.25) is 5.95 Å². The Balaban J connectivity index is 1.20. The predicted octanol–water partition coefficient (Wildman–Crippen LogP) is 5.97. The molecule has 0 spiro atoms. The molecule has 3 heterocycles. The lowest BCUT2D eigenvalue weighted by Crippen LogP contribution is -2.41. The summed E-state index contributed by atoms with van der Waals surface area (Å²) < 4.78 is 13.6. The van der Waals surface area contributed by atoms with E-state index in [-0.39, 0.29) is 11.2 Å². The Morgan fingerprint density at radius 3 is 2.28 bits per heavy atom. The van der Waals surface area contributed by atoms with Gasteiger partial charge in [-0.05, 0) is 79.6 Å². The van der Waals surface area contributed by atoms with Crippen molar-refractivity contribution in [1.82, 2.24) is 15.3 Å². The van der Waals surface area contributed by atoms with Crippen molar-refractivity contribution in [3.05, 3.63) is 77.1 Å². The van der Waals surface area contributed by atoms with Crippen LogP contribution in [0, 0.1) is 5.82 Å². The number of hydrogen-bond donors (Lipinski definition) is 2. The summed E-state index contributed by atoms with van der Waals surface area (Å²) in [5.74, 6) is 2.23. The van der Waals surface area contributed by atoms with Crippen molar-refractivity contribution in [2.24, 2.45) is 0 Å². The van der Waals surface area contributed by atoms with Gasteiger partial charge in [-0.2, -0.15) is 9.97 Å². The van der Waals surface area contributed by atoms with Crippen LogP contribution >= 0.6 is 12.2 Å². The molecular formula is C31H37FN6S. The van der Waals surface area contributed by atoms with Gasteiger partial charge in [0.1, 0.15) is 17.5 Å². The van der Waals surface area contributed by atoms with Crippen molar-refractivity contribution in [3.63, 3.8) is 0 Å². The van der Waals surface area contributed by atoms with Crippen LogP contribution < -0.4 is 20.4 Å². The van der Waals surface area contributed by atoms with Crippen LogP contribution in [0.4, 0.5) is 22.0 Å². The number of nitrogens with one attached hydrogen (secondary N) is 2. The number of nitrogens with zero attached hydrogens (tertiary/aromatic N) is 4. The number of fused-ring (bicyclic) bond motifs is 1. The molecule has 1 aromatic heterocycles. The van der Waals surface area contributed by atoms with Crippen LogP contribution in [0.25, 0.3) is 0 Å². The Labute approximate surface area is 236 Å². The molecule has 0 amide bonds. The SMILES string of the molecule is Fc1ccc(C2(CNC(=S)Nc3nc(N4CCCCC4)cc(N4CCc5ccccc5C4)n3)CCCC2)cc1. The van der Waals surface area contributed by atoms with E-state index in [1.165, 1.54) is 48.8 Å². The zero-order valence-corrected chi connectivity index (χ0v) is 23.3. The van der Waals surface area contributed by atoms with E-state index < -0.39 is 0 Å². The molecule has 8 heteroatoms. The van der Waals surface area contributed by atoms with Crippen molar-refractivity contribution in [3.8, 4) is 0 Å². The number of anilines is 3. The Hall–Kier alpha value is -3.26. The molecule has 204 valence electrons. The molecule has 0 unspecified atom stereocenters. The summed E-state index contributed by atoms with van der Waals surface area (Å²) in [5, 5.41) is 7.29. The Morgan fingerprint density at radius 2 is 1.54 bits per heavy atom. The lowest BCUT2D eigenvalue weighted by atomic mass is 9.79. The number of benzene rings is 2. The van der Waals surface area contributed by atoms with Crippen LogP contribution in [0.1, 0.15) is 61.6 Å². The predicted molar refractivity (Wildman–Crippen MR) is 160 cm³/mol. The van der Waals surface area contributed by atoms with Crippen LogP contribution in [-0.4, -0.2) is 41.3 Å². The first-order valence-electron chi connectivity index (χ1n) is 14.3. The van der Waals surface area contributed by atoms with Crippen LogP contribution in [0.15, 0.2) is 54.6 Å². The lowest BCUT2D eigenvalue weighted by molar-refractivity contribution is 0.434. The van der Waals surface area contributed by atoms with Crippen LogP contribution in [0.5, 0.6) is 0 Å². The third-order valence-electron chi connectivity index (χ3n) is 8.66. The van der Waals surface area contributed by atoms with E-state index in [0.717, 1.165) is 57.1 Å². The summed E-state index contributed by atoms with van der Waals surface area (Å²) in [4.78, 5) is 14.6. The number of halogens is 1. The molecule has 1 saturated carbocycles. The van der Waals surface area contributed by atoms with Gasteiger partial charge >= 0.3 is 0 Å². The van der Waals surface area contributed by atoms with E-state index >= 15 is 0 Å². The maximum absolute atomic E-state index is 13.6. The first-order chi connectivity index (χ1) is 19.1. The minimum absolute atomic E-state index is 0.0394. The fraction of sp³-hybridized carbons (Fsp3) is 0.452. The smallest absolute Gasteiger partial charge is 0.232 e. The molecule has 1 saturated heterocycles. The van der Waals surface area contributed by atoms with E-state index in [0.29, 0.717) is 17.6 Å². The second kappa shape index (κ2) is 11.5. The number of thiocarbonyl (C=S) groups is 1. The van der Waals surface area contributed by atoms with Crippen LogP contribution in [0.3, 0.4) is 0 Å². The third kappa shape index (κ3) is 5.86. The van der Waals surface area contributed by atoms with E-state index in [2.05, 4.69) is 50.8 Å². The largest absolute Gasteiger partial charge is 0.361 e. The molecule has 2 aliphatic heterocycles. The average Bonchev–Trinajstić information content (AvgIpc) is 3.47. The highest BCUT2D eigenvalue weighted by Gasteiger charge is 2.35. The maximum atomic E-state index is 13.6. The van der Waals surface area contributed by atoms with Gasteiger partial charge in [0.15, 0.2) is 5.11 Å². The van der Waals surface area contributed by atoms with Gasteiger partial charge in [-0.1, -0.05) is 49.2 Å². The van der Waals surface area contributed by atoms with Crippen molar-refractivity contribution in [2.75, 3.05) is 41.3 Å². The molecule has 2 fully saturated rings. The number of hydrogen-bond acceptors (Lipinski definition) is 5. The first-order valence-corrected chi connectivity index (χ1v) is 14.8. The Morgan fingerprint density at radius 1 is 0.846 bits per heavy atom. The zero-order chi connectivity index (χ0) is 26.7. The molecule has 0 atom stereocenters. The Bertz CT molecular complexity index is 1300. The van der Waals surface area contributed by atoms with Gasteiger partial charge < -0.3 is 20.4 Å². The maximum Gasteiger partial charge on any atom is 0.232 e. The van der Waals surface area contributed by atoms with Gasteiger partial charge in [0.05, 0.1) is 0 Å². The Kier molecular flexibility index (Phi) is 7.64. The monoisotopic (exact) mass is 544 g/mol. The summed E-state index contributed by atoms with van der Waals surface area (Å²) in [6, 6.07) is 17.8. The molecule has 39 heavy (non-hydrogen) atoms. The van der Waals surface area contributed by atoms with Crippen molar-refractivity contribution in [2.45, 2.75) is 63.3 Å². The van der Waals surface area contributed by atoms with Gasteiger partial charge in [0.25, 0.3) is 0 Å². The normalized spacial score (nSPS) is 18.5. The molecule has 6 rings (SSSR count). The number of aromatic nitrogens is 2. The standard InChI is InChI=1S/C31H37FN6S/c32-26-12-10-25(11-13-26)31(15-4-5-16-31)22-33-30(39)36-29-34-27(37-17-6-1-7-18-37)20-28(35-29)38-19-14-23-8-2-3-9-24(23)21-38/h2-3,8-13,20H,1,4-7,14-19,21-22H2,(H2,33,34,35,36,39). The van der Waals surface area contributed by atoms with Crippen LogP contribution in [0.2, 0.25) is 0 Å². The second-order valence-electron chi connectivity index (χ2n) is 11.2. The van der Waals surface area contributed by atoms with Crippen molar-refractivity contribution < 1.29 is 4.39 Å². The highest BCUT2D eigenvalue weighted by Crippen LogP contribution is 2.40. The summed E-state index contributed by atoms with van der Waals surface area (Å²) >= 11 is 5.75. The first kappa shape index (κ1) is 26.0. The summed E-state index contributed by atoms with van der Waals surface area (Å²) in [6.45, 7) is 4.50. The topological polar surface area (TPSA) is 56.3 Å². The van der Waals surface area contributed by atoms with Gasteiger partial charge in [-0.3, -0.25) is 0 Å². The fourth-order valence-corrected chi connectivity index (χ4v) is 6.60. The molecular weight excluding hydrogens is 507 g/mol. The van der Waals surface area contributed by atoms with Crippen molar-refractivity contribution in [1.29, 1.82) is 0 Å². The molecule has 0 radical (unpaired) electrons. The molecule has 3 aromatic rings. The highest BCUT2D eigenvalue weighted by molar-refractivity contribution is 7.80. The van der Waals surface area contributed by atoms with Gasteiger partial charge in [-0.25, -0.2) is 4.39 Å². The molecule has 0 bridgehead atoms. The van der Waals surface area contributed by atoms with E-state index in [4.69, 9.17) is 22.2 Å². The number of piperidine rings is 1. The minimum Gasteiger partial charge on any atom is -0.361 e. The fourth-order valence-electron chi connectivity index (χ4n) is 6.43. The van der Waals surface area contributed by atoms with Gasteiger partial charge in [-0.15, -0.1) is 0 Å². The molecule has 6 nitrogen and oxygen atoms in total. The molecule has 3 aliphatic rings. The van der Waals surface area contributed by atoms with E-state index in [1.807, 2.05) is 12.1 Å². The average molecular weight is 545 g/mol. The number of rotatable bonds is 6. The van der Waals surface area contributed by atoms with Gasteiger partial charge in [0, 0.05) is 44.2 Å². The third-order valence-corrected chi connectivity index (χ3v) is 8.91. The van der Waals surface area contributed by atoms with Crippen molar-refractivity contribution >= 4 is 34.9 Å². The molecule has 1 aliphatic carbocycles. The minimum atomic E-state index is -0.198. The quantitative estimate of drug-likeness (QED) is 0.371. The lowest BCUT2D eigenvalue weighted by Gasteiger charge is -2.32. The second-order valence-corrected chi connectivity index (χ2v) is 11.6. The molecule has 2 aromatic carbocycles. The van der Waals surface area contributed by atoms with E-state index in [1.54, 1.807) is 12.1 Å². The summed E-state index contributed by atoms with van der Waals surface area (Å²) in [6.07, 6.45) is 9.12. The van der Waals surface area contributed by atoms with E-state index in [9.17, 15) is 4.39 Å². The summed E-state index contributed by atoms with van der Waals surface area (Å²) in [5.41, 5.74) is 3.91. The zero-order valence-electron chi connectivity index (χ0n) is 22.5. The highest BCUT2D eigenvalue weighted by atomic mass is 32.1. The summed E-state index contributed by atoms with van der Waals surface area (Å²) in [7, 11) is 0.